The maximum atomic E-state index is 13.3. The smallest absolute Gasteiger partial charge is 0.303 e. The van der Waals surface area contributed by atoms with Crippen LogP contribution in [-0.2, 0) is 4.79 Å². The maximum Gasteiger partial charge on any atom is 0.303 e. The summed E-state index contributed by atoms with van der Waals surface area (Å²) >= 11 is 5.66. The fourth-order valence-electron chi connectivity index (χ4n) is 2.38. The number of hydrogen-bond acceptors (Lipinski definition) is 4. The van der Waals surface area contributed by atoms with Crippen molar-refractivity contribution in [2.75, 3.05) is 18.0 Å². The van der Waals surface area contributed by atoms with Gasteiger partial charge in [0.1, 0.15) is 11.9 Å². The van der Waals surface area contributed by atoms with Crippen LogP contribution in [0.4, 0.5) is 10.2 Å². The zero-order valence-electron chi connectivity index (χ0n) is 10.6. The highest BCUT2D eigenvalue weighted by atomic mass is 35.5. The van der Waals surface area contributed by atoms with E-state index in [-0.39, 0.29) is 23.1 Å². The quantitative estimate of drug-likeness (QED) is 0.867. The Balaban J connectivity index is 2.13. The van der Waals surface area contributed by atoms with Crippen molar-refractivity contribution >= 4 is 23.4 Å². The summed E-state index contributed by atoms with van der Waals surface area (Å²) in [6, 6.07) is 2.98. The molecular weight excluding hydrogens is 285 g/mol. The standard InChI is InChI=1S/C13H13ClFN3O2/c14-12-10(15)6-9(7-16)13(17-12)18-3-1-8(2-4-18)5-11(19)20/h6,8H,1-5H2,(H,19,20). The Morgan fingerprint density at radius 3 is 2.80 bits per heavy atom. The molecule has 0 unspecified atom stereocenters. The van der Waals surface area contributed by atoms with E-state index in [9.17, 15) is 9.18 Å². The molecule has 0 radical (unpaired) electrons. The molecule has 1 saturated heterocycles. The molecule has 0 aromatic carbocycles. The number of carbonyl (C=O) groups is 1. The predicted octanol–water partition coefficient (Wildman–Crippen LogP) is 2.44. The number of aromatic nitrogens is 1. The van der Waals surface area contributed by atoms with Gasteiger partial charge in [0.25, 0.3) is 0 Å². The number of halogens is 2. The molecule has 5 nitrogen and oxygen atoms in total. The molecule has 0 bridgehead atoms. The zero-order valence-corrected chi connectivity index (χ0v) is 11.4. The lowest BCUT2D eigenvalue weighted by Gasteiger charge is -2.32. The van der Waals surface area contributed by atoms with Gasteiger partial charge in [0.2, 0.25) is 0 Å². The number of carboxylic acid groups (broad SMARTS) is 1. The normalized spacial score (nSPS) is 15.9. The zero-order chi connectivity index (χ0) is 14.7. The molecule has 0 aliphatic carbocycles. The number of aliphatic carboxylic acids is 1. The number of pyridine rings is 1. The minimum atomic E-state index is -0.802. The van der Waals surface area contributed by atoms with E-state index in [1.165, 1.54) is 0 Å². The molecule has 20 heavy (non-hydrogen) atoms. The monoisotopic (exact) mass is 297 g/mol. The summed E-state index contributed by atoms with van der Waals surface area (Å²) in [6.45, 7) is 1.17. The summed E-state index contributed by atoms with van der Waals surface area (Å²) in [4.78, 5) is 16.5. The van der Waals surface area contributed by atoms with Crippen molar-refractivity contribution in [3.05, 3.63) is 22.6 Å². The van der Waals surface area contributed by atoms with Crippen LogP contribution in [0.3, 0.4) is 0 Å². The third-order valence-electron chi connectivity index (χ3n) is 3.41. The molecule has 1 aliphatic heterocycles. The van der Waals surface area contributed by atoms with Gasteiger partial charge in [-0.05, 0) is 24.8 Å². The molecular formula is C13H13ClFN3O2. The second-order valence-corrected chi connectivity index (χ2v) is 5.13. The lowest BCUT2D eigenvalue weighted by atomic mass is 9.93. The molecule has 2 rings (SSSR count). The van der Waals surface area contributed by atoms with Crippen molar-refractivity contribution in [2.24, 2.45) is 5.92 Å². The Hall–Kier alpha value is -1.87. The van der Waals surface area contributed by atoms with E-state index in [2.05, 4.69) is 4.98 Å². The van der Waals surface area contributed by atoms with Crippen molar-refractivity contribution in [2.45, 2.75) is 19.3 Å². The van der Waals surface area contributed by atoms with E-state index in [1.807, 2.05) is 11.0 Å². The van der Waals surface area contributed by atoms with E-state index < -0.39 is 11.8 Å². The van der Waals surface area contributed by atoms with Crippen LogP contribution in [0.2, 0.25) is 5.15 Å². The molecule has 106 valence electrons. The van der Waals surface area contributed by atoms with Crippen LogP contribution < -0.4 is 4.90 Å². The number of nitrogens with zero attached hydrogens (tertiary/aromatic N) is 3. The Kier molecular flexibility index (Phi) is 4.40. The van der Waals surface area contributed by atoms with Gasteiger partial charge in [-0.3, -0.25) is 4.79 Å². The number of piperidine rings is 1. The molecule has 0 spiro atoms. The Morgan fingerprint density at radius 2 is 2.25 bits per heavy atom. The van der Waals surface area contributed by atoms with Crippen LogP contribution in [0.5, 0.6) is 0 Å². The van der Waals surface area contributed by atoms with Crippen molar-refractivity contribution in [3.63, 3.8) is 0 Å². The van der Waals surface area contributed by atoms with Gasteiger partial charge in [-0.1, -0.05) is 11.6 Å². The van der Waals surface area contributed by atoms with Gasteiger partial charge in [-0.2, -0.15) is 5.26 Å². The van der Waals surface area contributed by atoms with Crippen molar-refractivity contribution in [3.8, 4) is 6.07 Å². The first-order valence-corrected chi connectivity index (χ1v) is 6.62. The summed E-state index contributed by atoms with van der Waals surface area (Å²) in [5.41, 5.74) is 0.142. The van der Waals surface area contributed by atoms with E-state index in [1.54, 1.807) is 0 Å². The molecule has 0 amide bonds. The summed E-state index contributed by atoms with van der Waals surface area (Å²) in [6.07, 6.45) is 1.55. The Morgan fingerprint density at radius 1 is 1.60 bits per heavy atom. The maximum absolute atomic E-state index is 13.3. The van der Waals surface area contributed by atoms with Crippen molar-refractivity contribution in [1.29, 1.82) is 5.26 Å². The first-order chi connectivity index (χ1) is 9.51. The highest BCUT2D eigenvalue weighted by molar-refractivity contribution is 6.29. The predicted molar refractivity (Wildman–Crippen MR) is 71.1 cm³/mol. The van der Waals surface area contributed by atoms with Gasteiger partial charge in [0.05, 0.1) is 5.56 Å². The van der Waals surface area contributed by atoms with Crippen molar-refractivity contribution < 1.29 is 14.3 Å². The lowest BCUT2D eigenvalue weighted by molar-refractivity contribution is -0.138. The van der Waals surface area contributed by atoms with Crippen LogP contribution in [0.25, 0.3) is 0 Å². The van der Waals surface area contributed by atoms with Crippen LogP contribution >= 0.6 is 11.6 Å². The largest absolute Gasteiger partial charge is 0.481 e. The van der Waals surface area contributed by atoms with E-state index in [0.29, 0.717) is 31.7 Å². The van der Waals surface area contributed by atoms with Gasteiger partial charge in [-0.15, -0.1) is 0 Å². The second kappa shape index (κ2) is 6.06. The molecule has 1 aliphatic rings. The second-order valence-electron chi connectivity index (χ2n) is 4.77. The minimum Gasteiger partial charge on any atom is -0.481 e. The van der Waals surface area contributed by atoms with Gasteiger partial charge in [-0.25, -0.2) is 9.37 Å². The van der Waals surface area contributed by atoms with Crippen molar-refractivity contribution in [1.82, 2.24) is 4.98 Å². The fraction of sp³-hybridized carbons (Fsp3) is 0.462. The summed E-state index contributed by atoms with van der Waals surface area (Å²) in [5, 5.41) is 17.5. The SMILES string of the molecule is N#Cc1cc(F)c(Cl)nc1N1CCC(CC(=O)O)CC1. The van der Waals surface area contributed by atoms with E-state index in [4.69, 9.17) is 22.0 Å². The van der Waals surface area contributed by atoms with Gasteiger partial charge in [0, 0.05) is 19.5 Å². The molecule has 7 heteroatoms. The van der Waals surface area contributed by atoms with Crippen LogP contribution in [-0.4, -0.2) is 29.1 Å². The molecule has 0 saturated carbocycles. The average Bonchev–Trinajstić information content (AvgIpc) is 2.41. The highest BCUT2D eigenvalue weighted by Gasteiger charge is 2.24. The molecule has 1 N–H and O–H groups in total. The highest BCUT2D eigenvalue weighted by Crippen LogP contribution is 2.28. The lowest BCUT2D eigenvalue weighted by Crippen LogP contribution is -2.35. The first kappa shape index (κ1) is 14.5. The number of rotatable bonds is 3. The molecule has 1 aromatic heterocycles. The van der Waals surface area contributed by atoms with E-state index >= 15 is 0 Å². The van der Waals surface area contributed by atoms with Gasteiger partial charge < -0.3 is 10.0 Å². The van der Waals surface area contributed by atoms with Crippen LogP contribution in [0.15, 0.2) is 6.07 Å². The summed E-state index contributed by atoms with van der Waals surface area (Å²) < 4.78 is 13.3. The van der Waals surface area contributed by atoms with Crippen LogP contribution in [0.1, 0.15) is 24.8 Å². The molecule has 1 fully saturated rings. The Labute approximate surface area is 120 Å². The average molecular weight is 298 g/mol. The Bertz CT molecular complexity index is 565. The third kappa shape index (κ3) is 3.17. The topological polar surface area (TPSA) is 77.2 Å². The number of hydrogen-bond donors (Lipinski definition) is 1. The third-order valence-corrected chi connectivity index (χ3v) is 3.68. The summed E-state index contributed by atoms with van der Waals surface area (Å²) in [7, 11) is 0. The number of anilines is 1. The minimum absolute atomic E-state index is 0.130. The number of nitriles is 1. The molecule has 2 heterocycles. The summed E-state index contributed by atoms with van der Waals surface area (Å²) in [5.74, 6) is -1.02. The first-order valence-electron chi connectivity index (χ1n) is 6.24. The van der Waals surface area contributed by atoms with E-state index in [0.717, 1.165) is 6.07 Å². The molecule has 0 atom stereocenters. The van der Waals surface area contributed by atoms with Gasteiger partial charge >= 0.3 is 5.97 Å². The fourth-order valence-corrected chi connectivity index (χ4v) is 2.51. The number of carboxylic acids is 1. The van der Waals surface area contributed by atoms with Gasteiger partial charge in [0.15, 0.2) is 11.0 Å². The van der Waals surface area contributed by atoms with Crippen LogP contribution in [0, 0.1) is 23.1 Å². The molecule has 1 aromatic rings.